The second-order valence-electron chi connectivity index (χ2n) is 12.5. The summed E-state index contributed by atoms with van der Waals surface area (Å²) in [7, 11) is 0. The Labute approximate surface area is 266 Å². The molecule has 0 bridgehead atoms. The molecule has 1 aromatic rings. The number of hydrogen-bond acceptors (Lipinski definition) is 8. The minimum absolute atomic E-state index is 0.00756. The Bertz CT molecular complexity index is 1160. The van der Waals surface area contributed by atoms with Crippen LogP contribution in [0.15, 0.2) is 42.5 Å². The molecule has 5 unspecified atom stereocenters. The van der Waals surface area contributed by atoms with Gasteiger partial charge in [-0.15, -0.1) is 0 Å². The Morgan fingerprint density at radius 2 is 1.69 bits per heavy atom. The van der Waals surface area contributed by atoms with Crippen molar-refractivity contribution < 1.29 is 38.2 Å². The van der Waals surface area contributed by atoms with Crippen LogP contribution in [-0.2, 0) is 40.0 Å². The van der Waals surface area contributed by atoms with Crippen molar-refractivity contribution in [2.75, 3.05) is 13.2 Å². The Morgan fingerprint density at radius 3 is 2.27 bits per heavy atom. The van der Waals surface area contributed by atoms with E-state index in [0.29, 0.717) is 13.0 Å². The van der Waals surface area contributed by atoms with Crippen LogP contribution in [0.25, 0.3) is 0 Å². The van der Waals surface area contributed by atoms with Crippen molar-refractivity contribution in [3.05, 3.63) is 48.0 Å². The molecule has 12 nitrogen and oxygen atoms in total. The number of esters is 1. The maximum Gasteiger partial charge on any atom is 0.408 e. The third-order valence-corrected chi connectivity index (χ3v) is 6.90. The first-order chi connectivity index (χ1) is 21.2. The Kier molecular flexibility index (Phi) is 15.0. The molecule has 1 aliphatic heterocycles. The van der Waals surface area contributed by atoms with E-state index in [-0.39, 0.29) is 43.8 Å². The molecule has 1 heterocycles. The van der Waals surface area contributed by atoms with Gasteiger partial charge in [-0.3, -0.25) is 14.4 Å². The molecule has 4 amide bonds. The third kappa shape index (κ3) is 14.1. The summed E-state index contributed by atoms with van der Waals surface area (Å²) in [5, 5.41) is 11.1. The molecule has 2 rings (SSSR count). The summed E-state index contributed by atoms with van der Waals surface area (Å²) in [4.78, 5) is 64.4. The monoisotopic (exact) mass is 630 g/mol. The van der Waals surface area contributed by atoms with Gasteiger partial charge in [-0.25, -0.2) is 9.59 Å². The number of benzene rings is 1. The number of hydrogen-bond donors (Lipinski definition) is 4. The SMILES string of the molecule is CCOC(=O)/C=C/C(CC1CCNC1=O)NC(=O)C(CC(C)C)NC(=O)C(NC(=O)OCc1ccccc1)C(C)OC(C)(C)C. The van der Waals surface area contributed by atoms with Crippen LogP contribution in [0.2, 0.25) is 0 Å². The zero-order chi connectivity index (χ0) is 33.6. The van der Waals surface area contributed by atoms with Crippen LogP contribution in [0, 0.1) is 11.8 Å². The maximum absolute atomic E-state index is 13.7. The Morgan fingerprint density at radius 1 is 1.00 bits per heavy atom. The molecule has 4 N–H and O–H groups in total. The van der Waals surface area contributed by atoms with E-state index in [1.54, 1.807) is 13.8 Å². The number of nitrogens with one attached hydrogen (secondary N) is 4. The van der Waals surface area contributed by atoms with Crippen molar-refractivity contribution in [3.8, 4) is 0 Å². The first-order valence-electron chi connectivity index (χ1n) is 15.6. The zero-order valence-corrected chi connectivity index (χ0v) is 27.5. The first kappa shape index (κ1) is 37.3. The molecule has 0 aromatic heterocycles. The minimum atomic E-state index is -1.18. The fraction of sp³-hybridized carbons (Fsp3) is 0.606. The van der Waals surface area contributed by atoms with E-state index in [1.165, 1.54) is 12.2 Å². The van der Waals surface area contributed by atoms with Crippen molar-refractivity contribution in [1.82, 2.24) is 21.3 Å². The van der Waals surface area contributed by atoms with E-state index in [2.05, 4.69) is 21.3 Å². The second-order valence-corrected chi connectivity index (χ2v) is 12.5. The van der Waals surface area contributed by atoms with Crippen LogP contribution in [-0.4, -0.2) is 72.8 Å². The highest BCUT2D eigenvalue weighted by atomic mass is 16.6. The van der Waals surface area contributed by atoms with Crippen molar-refractivity contribution in [2.24, 2.45) is 11.8 Å². The van der Waals surface area contributed by atoms with Crippen LogP contribution in [0.1, 0.15) is 73.3 Å². The molecule has 250 valence electrons. The molecule has 5 atom stereocenters. The lowest BCUT2D eigenvalue weighted by molar-refractivity contribution is -0.137. The predicted octanol–water partition coefficient (Wildman–Crippen LogP) is 3.15. The van der Waals surface area contributed by atoms with Gasteiger partial charge < -0.3 is 35.5 Å². The Balaban J connectivity index is 2.22. The number of rotatable bonds is 16. The fourth-order valence-electron chi connectivity index (χ4n) is 4.91. The van der Waals surface area contributed by atoms with Crippen LogP contribution < -0.4 is 21.3 Å². The summed E-state index contributed by atoms with van der Waals surface area (Å²) in [6.07, 6.45) is 2.29. The summed E-state index contributed by atoms with van der Waals surface area (Å²) in [6, 6.07) is 6.28. The molecule has 0 saturated carbocycles. The maximum atomic E-state index is 13.7. The van der Waals surface area contributed by atoms with E-state index in [0.717, 1.165) is 5.56 Å². The number of alkyl carbamates (subject to hydrolysis) is 1. The van der Waals surface area contributed by atoms with Gasteiger partial charge in [0.15, 0.2) is 0 Å². The fourth-order valence-corrected chi connectivity index (χ4v) is 4.91. The molecule has 1 fully saturated rings. The molecular formula is C33H50N4O8. The van der Waals surface area contributed by atoms with Crippen LogP contribution >= 0.6 is 0 Å². The molecular weight excluding hydrogens is 580 g/mol. The van der Waals surface area contributed by atoms with Crippen molar-refractivity contribution in [3.63, 3.8) is 0 Å². The minimum Gasteiger partial charge on any atom is -0.463 e. The van der Waals surface area contributed by atoms with Crippen LogP contribution in [0.5, 0.6) is 0 Å². The van der Waals surface area contributed by atoms with Crippen LogP contribution in [0.3, 0.4) is 0 Å². The topological polar surface area (TPSA) is 161 Å². The van der Waals surface area contributed by atoms with Crippen molar-refractivity contribution in [2.45, 2.75) is 104 Å². The summed E-state index contributed by atoms with van der Waals surface area (Å²) < 4.78 is 16.3. The second kappa shape index (κ2) is 18.1. The first-order valence-corrected chi connectivity index (χ1v) is 15.6. The van der Waals surface area contributed by atoms with Gasteiger partial charge in [0.05, 0.1) is 18.3 Å². The largest absolute Gasteiger partial charge is 0.463 e. The van der Waals surface area contributed by atoms with Gasteiger partial charge in [-0.2, -0.15) is 0 Å². The zero-order valence-electron chi connectivity index (χ0n) is 27.5. The lowest BCUT2D eigenvalue weighted by Gasteiger charge is -2.32. The van der Waals surface area contributed by atoms with E-state index >= 15 is 0 Å². The van der Waals surface area contributed by atoms with Crippen molar-refractivity contribution in [1.29, 1.82) is 0 Å². The third-order valence-electron chi connectivity index (χ3n) is 6.90. The van der Waals surface area contributed by atoms with E-state index in [1.807, 2.05) is 65.0 Å². The lowest BCUT2D eigenvalue weighted by Crippen LogP contribution is -2.59. The standard InChI is InChI=1S/C33H50N4O8/c1-8-43-27(38)15-14-25(19-24-16-17-34-29(24)39)35-30(40)26(18-21(2)3)36-31(41)28(22(4)45-33(5,6)7)37-32(42)44-20-23-12-10-9-11-13-23/h9-15,21-22,24-26,28H,8,16-20H2,1-7H3,(H,34,39)(H,35,40)(H,36,41)(H,37,42)/b15-14+. The highest BCUT2D eigenvalue weighted by Crippen LogP contribution is 2.18. The summed E-state index contributed by atoms with van der Waals surface area (Å²) >= 11 is 0. The molecule has 0 aliphatic carbocycles. The van der Waals surface area contributed by atoms with Gasteiger partial charge in [0.1, 0.15) is 18.7 Å². The highest BCUT2D eigenvalue weighted by molar-refractivity contribution is 5.92. The smallest absolute Gasteiger partial charge is 0.408 e. The van der Waals surface area contributed by atoms with Gasteiger partial charge in [0, 0.05) is 24.6 Å². The quantitative estimate of drug-likeness (QED) is 0.160. The summed E-state index contributed by atoms with van der Waals surface area (Å²) in [5.41, 5.74) is 0.149. The van der Waals surface area contributed by atoms with Gasteiger partial charge in [-0.05, 0) is 65.4 Å². The van der Waals surface area contributed by atoms with Gasteiger partial charge in [0.2, 0.25) is 17.7 Å². The van der Waals surface area contributed by atoms with Crippen LogP contribution in [0.4, 0.5) is 4.79 Å². The normalized spacial score (nSPS) is 17.6. The summed E-state index contributed by atoms with van der Waals surface area (Å²) in [6.45, 7) is 13.4. The van der Waals surface area contributed by atoms with Gasteiger partial charge in [0.25, 0.3) is 0 Å². The van der Waals surface area contributed by atoms with E-state index in [4.69, 9.17) is 14.2 Å². The van der Waals surface area contributed by atoms with Gasteiger partial charge >= 0.3 is 12.1 Å². The van der Waals surface area contributed by atoms with E-state index < -0.39 is 53.7 Å². The molecule has 1 aliphatic rings. The number of carbonyl (C=O) groups is 5. The molecule has 1 saturated heterocycles. The highest BCUT2D eigenvalue weighted by Gasteiger charge is 2.35. The molecule has 1 aromatic carbocycles. The van der Waals surface area contributed by atoms with Gasteiger partial charge in [-0.1, -0.05) is 50.3 Å². The molecule has 12 heteroatoms. The predicted molar refractivity (Wildman–Crippen MR) is 169 cm³/mol. The lowest BCUT2D eigenvalue weighted by atomic mass is 9.96. The molecule has 45 heavy (non-hydrogen) atoms. The average Bonchev–Trinajstić information content (AvgIpc) is 3.36. The number of amides is 4. The molecule has 0 spiro atoms. The van der Waals surface area contributed by atoms with Crippen molar-refractivity contribution >= 4 is 29.8 Å². The number of carbonyl (C=O) groups excluding carboxylic acids is 5. The molecule has 0 radical (unpaired) electrons. The summed E-state index contributed by atoms with van der Waals surface area (Å²) in [5.74, 6) is -2.14. The Hall–Kier alpha value is -3.93. The average molecular weight is 631 g/mol. The number of ether oxygens (including phenoxy) is 3. The van der Waals surface area contributed by atoms with E-state index in [9.17, 15) is 24.0 Å².